The summed E-state index contributed by atoms with van der Waals surface area (Å²) in [4.78, 5) is 24.4. The molecule has 2 atom stereocenters. The fourth-order valence-corrected chi connectivity index (χ4v) is 2.15. The number of nitrogens with one attached hydrogen (secondary N) is 1. The van der Waals surface area contributed by atoms with Gasteiger partial charge in [0.25, 0.3) is 0 Å². The van der Waals surface area contributed by atoms with E-state index in [9.17, 15) is 9.59 Å². The smallest absolute Gasteiger partial charge is 0.317 e. The molecular formula is C12H18N4O4. The standard InChI is InChI=1S/C12H18N4O4/c1-15(10-8-20-7-9(10)11(17)18)12(19)13-4-6-16-5-2-3-14-16/h2-3,5,9-10H,4,6-8H2,1H3,(H,13,19)(H,17,18). The number of carbonyl (C=O) groups is 2. The predicted molar refractivity (Wildman–Crippen MR) is 69.1 cm³/mol. The summed E-state index contributed by atoms with van der Waals surface area (Å²) in [6.45, 7) is 1.39. The molecule has 0 aliphatic carbocycles. The van der Waals surface area contributed by atoms with Crippen molar-refractivity contribution in [3.63, 3.8) is 0 Å². The molecule has 1 aromatic heterocycles. The van der Waals surface area contributed by atoms with E-state index in [0.717, 1.165) is 0 Å². The van der Waals surface area contributed by atoms with Crippen molar-refractivity contribution in [2.45, 2.75) is 12.6 Å². The van der Waals surface area contributed by atoms with E-state index in [1.165, 1.54) is 4.90 Å². The first kappa shape index (κ1) is 14.3. The van der Waals surface area contributed by atoms with Crippen molar-refractivity contribution in [1.82, 2.24) is 20.0 Å². The molecular weight excluding hydrogens is 264 g/mol. The van der Waals surface area contributed by atoms with Crippen LogP contribution in [0.3, 0.4) is 0 Å². The van der Waals surface area contributed by atoms with Crippen molar-refractivity contribution in [1.29, 1.82) is 0 Å². The van der Waals surface area contributed by atoms with E-state index in [4.69, 9.17) is 9.84 Å². The fraction of sp³-hybridized carbons (Fsp3) is 0.583. The van der Waals surface area contributed by atoms with Crippen LogP contribution in [0.5, 0.6) is 0 Å². The Hall–Kier alpha value is -2.09. The molecule has 0 saturated carbocycles. The average Bonchev–Trinajstić information content (AvgIpc) is 3.08. The summed E-state index contributed by atoms with van der Waals surface area (Å²) in [5.41, 5.74) is 0. The molecule has 2 amide bonds. The molecule has 2 rings (SSSR count). The van der Waals surface area contributed by atoms with E-state index < -0.39 is 17.9 Å². The van der Waals surface area contributed by atoms with Gasteiger partial charge in [0.2, 0.25) is 0 Å². The van der Waals surface area contributed by atoms with Gasteiger partial charge in [0.1, 0.15) is 5.92 Å². The minimum absolute atomic E-state index is 0.144. The molecule has 2 heterocycles. The number of urea groups is 1. The van der Waals surface area contributed by atoms with Crippen molar-refractivity contribution >= 4 is 12.0 Å². The lowest BCUT2D eigenvalue weighted by molar-refractivity contribution is -0.142. The third-order valence-corrected chi connectivity index (χ3v) is 3.36. The highest BCUT2D eigenvalue weighted by atomic mass is 16.5. The number of likely N-dealkylation sites (N-methyl/N-ethyl adjacent to an activating group) is 1. The van der Waals surface area contributed by atoms with Crippen LogP contribution in [-0.2, 0) is 16.1 Å². The van der Waals surface area contributed by atoms with E-state index >= 15 is 0 Å². The molecule has 110 valence electrons. The van der Waals surface area contributed by atoms with E-state index in [2.05, 4.69) is 10.4 Å². The van der Waals surface area contributed by atoms with Crippen LogP contribution in [0.4, 0.5) is 4.79 Å². The van der Waals surface area contributed by atoms with E-state index in [0.29, 0.717) is 13.1 Å². The molecule has 1 aliphatic rings. The predicted octanol–water partition coefficient (Wildman–Crippen LogP) is -0.376. The maximum atomic E-state index is 12.0. The number of ether oxygens (including phenoxy) is 1. The highest BCUT2D eigenvalue weighted by Gasteiger charge is 2.38. The Morgan fingerprint density at radius 3 is 3.00 bits per heavy atom. The number of carbonyl (C=O) groups excluding carboxylic acids is 1. The first-order valence-electron chi connectivity index (χ1n) is 6.38. The van der Waals surface area contributed by atoms with Gasteiger partial charge in [-0.3, -0.25) is 9.48 Å². The topological polar surface area (TPSA) is 96.7 Å². The number of hydrogen-bond acceptors (Lipinski definition) is 4. The second-order valence-electron chi connectivity index (χ2n) is 4.66. The van der Waals surface area contributed by atoms with Crippen LogP contribution in [0.1, 0.15) is 0 Å². The summed E-state index contributed by atoms with van der Waals surface area (Å²) in [5.74, 6) is -1.61. The maximum Gasteiger partial charge on any atom is 0.317 e. The molecule has 0 aromatic carbocycles. The monoisotopic (exact) mass is 282 g/mol. The van der Waals surface area contributed by atoms with Gasteiger partial charge >= 0.3 is 12.0 Å². The molecule has 1 aliphatic heterocycles. The first-order valence-corrected chi connectivity index (χ1v) is 6.38. The number of aromatic nitrogens is 2. The van der Waals surface area contributed by atoms with Crippen LogP contribution in [0, 0.1) is 5.92 Å². The van der Waals surface area contributed by atoms with E-state index in [1.807, 2.05) is 0 Å². The van der Waals surface area contributed by atoms with Gasteiger partial charge < -0.3 is 20.1 Å². The fourth-order valence-electron chi connectivity index (χ4n) is 2.15. The number of carboxylic acid groups (broad SMARTS) is 1. The molecule has 1 saturated heterocycles. The summed E-state index contributed by atoms with van der Waals surface area (Å²) in [6.07, 6.45) is 3.47. The molecule has 1 aromatic rings. The minimum atomic E-state index is -0.941. The van der Waals surface area contributed by atoms with Crippen molar-refractivity contribution < 1.29 is 19.4 Å². The summed E-state index contributed by atoms with van der Waals surface area (Å²) in [5, 5.41) is 15.8. The Morgan fingerprint density at radius 1 is 1.55 bits per heavy atom. The molecule has 8 nitrogen and oxygen atoms in total. The zero-order valence-corrected chi connectivity index (χ0v) is 11.2. The van der Waals surface area contributed by atoms with Crippen molar-refractivity contribution in [3.05, 3.63) is 18.5 Å². The summed E-state index contributed by atoms with van der Waals surface area (Å²) in [7, 11) is 1.58. The molecule has 2 N–H and O–H groups in total. The Balaban J connectivity index is 1.80. The van der Waals surface area contributed by atoms with Crippen molar-refractivity contribution in [2.75, 3.05) is 26.8 Å². The van der Waals surface area contributed by atoms with Crippen LogP contribution in [0.25, 0.3) is 0 Å². The number of nitrogens with zero attached hydrogens (tertiary/aromatic N) is 3. The van der Waals surface area contributed by atoms with Gasteiger partial charge in [0, 0.05) is 26.0 Å². The van der Waals surface area contributed by atoms with Gasteiger partial charge in [-0.2, -0.15) is 5.10 Å². The molecule has 8 heteroatoms. The molecule has 0 spiro atoms. The van der Waals surface area contributed by atoms with Crippen LogP contribution < -0.4 is 5.32 Å². The zero-order chi connectivity index (χ0) is 14.5. The molecule has 0 bridgehead atoms. The van der Waals surface area contributed by atoms with E-state index in [1.54, 1.807) is 30.2 Å². The van der Waals surface area contributed by atoms with Gasteiger partial charge in [0.15, 0.2) is 0 Å². The maximum absolute atomic E-state index is 12.0. The lowest BCUT2D eigenvalue weighted by Gasteiger charge is -2.26. The largest absolute Gasteiger partial charge is 0.481 e. The van der Waals surface area contributed by atoms with Gasteiger partial charge in [-0.1, -0.05) is 0 Å². The molecule has 20 heavy (non-hydrogen) atoms. The highest BCUT2D eigenvalue weighted by Crippen LogP contribution is 2.18. The van der Waals surface area contributed by atoms with E-state index in [-0.39, 0.29) is 19.2 Å². The second-order valence-corrected chi connectivity index (χ2v) is 4.66. The van der Waals surface area contributed by atoms with Gasteiger partial charge in [-0.25, -0.2) is 4.79 Å². The third-order valence-electron chi connectivity index (χ3n) is 3.36. The molecule has 2 unspecified atom stereocenters. The van der Waals surface area contributed by atoms with Gasteiger partial charge in [-0.15, -0.1) is 0 Å². The number of carboxylic acids is 1. The van der Waals surface area contributed by atoms with Crippen molar-refractivity contribution in [3.8, 4) is 0 Å². The van der Waals surface area contributed by atoms with Crippen LogP contribution >= 0.6 is 0 Å². The summed E-state index contributed by atoms with van der Waals surface area (Å²) < 4.78 is 6.86. The summed E-state index contributed by atoms with van der Waals surface area (Å²) >= 11 is 0. The number of rotatable bonds is 5. The third kappa shape index (κ3) is 3.27. The molecule has 1 fully saturated rings. The number of aliphatic carboxylic acids is 1. The number of amides is 2. The Kier molecular flexibility index (Phi) is 4.57. The van der Waals surface area contributed by atoms with Crippen LogP contribution in [-0.4, -0.2) is 64.6 Å². The Bertz CT molecular complexity index is 462. The van der Waals surface area contributed by atoms with Crippen LogP contribution in [0.15, 0.2) is 18.5 Å². The minimum Gasteiger partial charge on any atom is -0.481 e. The zero-order valence-electron chi connectivity index (χ0n) is 11.2. The average molecular weight is 282 g/mol. The van der Waals surface area contributed by atoms with Crippen molar-refractivity contribution in [2.24, 2.45) is 5.92 Å². The Labute approximate surface area is 116 Å². The lowest BCUT2D eigenvalue weighted by Crippen LogP contribution is -2.48. The highest BCUT2D eigenvalue weighted by molar-refractivity contribution is 5.77. The van der Waals surface area contributed by atoms with Crippen LogP contribution in [0.2, 0.25) is 0 Å². The normalized spacial score (nSPS) is 21.6. The SMILES string of the molecule is CN(C(=O)NCCn1cccn1)C1COCC1C(=O)O. The first-order chi connectivity index (χ1) is 9.59. The number of hydrogen-bond donors (Lipinski definition) is 2. The quantitative estimate of drug-likeness (QED) is 0.767. The molecule has 0 radical (unpaired) electrons. The summed E-state index contributed by atoms with van der Waals surface area (Å²) in [6, 6.07) is 1.07. The Morgan fingerprint density at radius 2 is 2.35 bits per heavy atom. The lowest BCUT2D eigenvalue weighted by atomic mass is 10.0. The van der Waals surface area contributed by atoms with Gasteiger partial charge in [-0.05, 0) is 6.07 Å². The van der Waals surface area contributed by atoms with Gasteiger partial charge in [0.05, 0.1) is 25.8 Å². The second kappa shape index (κ2) is 6.38.